The Hall–Kier alpha value is -1.29. The minimum absolute atomic E-state index is 0.129. The quantitative estimate of drug-likeness (QED) is 0.849. The number of rotatable bonds is 4. The minimum atomic E-state index is 0.129. The van der Waals surface area contributed by atoms with Crippen molar-refractivity contribution in [2.75, 3.05) is 12.3 Å². The Bertz CT molecular complexity index is 487. The fourth-order valence-corrected chi connectivity index (χ4v) is 3.04. The van der Waals surface area contributed by atoms with Gasteiger partial charge in [0.2, 0.25) is 5.91 Å². The van der Waals surface area contributed by atoms with E-state index in [0.717, 1.165) is 12.3 Å². The molecule has 1 amide bonds. The Balaban J connectivity index is 1.93. The molecule has 0 spiro atoms. The van der Waals surface area contributed by atoms with Crippen LogP contribution in [-0.2, 0) is 16.1 Å². The van der Waals surface area contributed by atoms with Gasteiger partial charge in [0.05, 0.1) is 0 Å². The standard InChI is InChI=1S/C15H19NO2S/c1-11-5-3-4-6-14(11)9-16-8-13(7-15(16)18)10-19-12(2)17/h3-6,13H,7-10H2,1-2H3. The van der Waals surface area contributed by atoms with Crippen LogP contribution in [-0.4, -0.2) is 28.2 Å². The van der Waals surface area contributed by atoms with E-state index in [2.05, 4.69) is 19.1 Å². The van der Waals surface area contributed by atoms with Gasteiger partial charge in [0, 0.05) is 32.2 Å². The average Bonchev–Trinajstić information content (AvgIpc) is 2.71. The Kier molecular flexibility index (Phi) is 4.64. The Labute approximate surface area is 118 Å². The van der Waals surface area contributed by atoms with Crippen LogP contribution in [0, 0.1) is 12.8 Å². The molecular weight excluding hydrogens is 258 g/mol. The highest BCUT2D eigenvalue weighted by molar-refractivity contribution is 8.13. The first-order valence-corrected chi connectivity index (χ1v) is 7.50. The molecule has 0 aliphatic carbocycles. The van der Waals surface area contributed by atoms with E-state index in [4.69, 9.17) is 0 Å². The van der Waals surface area contributed by atoms with Gasteiger partial charge in [0.25, 0.3) is 0 Å². The molecule has 0 saturated carbocycles. The predicted molar refractivity (Wildman–Crippen MR) is 77.8 cm³/mol. The second-order valence-corrected chi connectivity index (χ2v) is 6.27. The van der Waals surface area contributed by atoms with Crippen molar-refractivity contribution in [2.24, 2.45) is 5.92 Å². The summed E-state index contributed by atoms with van der Waals surface area (Å²) < 4.78 is 0. The van der Waals surface area contributed by atoms with Crippen LogP contribution in [0.2, 0.25) is 0 Å². The maximum absolute atomic E-state index is 12.0. The highest BCUT2D eigenvalue weighted by atomic mass is 32.2. The van der Waals surface area contributed by atoms with Gasteiger partial charge in [0.1, 0.15) is 0 Å². The summed E-state index contributed by atoms with van der Waals surface area (Å²) in [6, 6.07) is 8.15. The molecule has 0 bridgehead atoms. The Morgan fingerprint density at radius 2 is 2.16 bits per heavy atom. The summed E-state index contributed by atoms with van der Waals surface area (Å²) in [5.41, 5.74) is 2.42. The molecule has 0 N–H and O–H groups in total. The molecule has 19 heavy (non-hydrogen) atoms. The number of amides is 1. The summed E-state index contributed by atoms with van der Waals surface area (Å²) in [6.45, 7) is 5.10. The van der Waals surface area contributed by atoms with Gasteiger partial charge < -0.3 is 4.90 Å². The van der Waals surface area contributed by atoms with Gasteiger partial charge in [-0.25, -0.2) is 0 Å². The summed E-state index contributed by atoms with van der Waals surface area (Å²) >= 11 is 1.32. The first-order valence-electron chi connectivity index (χ1n) is 6.52. The lowest BCUT2D eigenvalue weighted by molar-refractivity contribution is -0.128. The molecule has 1 unspecified atom stereocenters. The number of hydrogen-bond donors (Lipinski definition) is 0. The van der Waals surface area contributed by atoms with Gasteiger partial charge in [-0.1, -0.05) is 36.0 Å². The zero-order chi connectivity index (χ0) is 13.8. The molecule has 4 heteroatoms. The maximum atomic E-state index is 12.0. The number of nitrogens with zero attached hydrogens (tertiary/aromatic N) is 1. The van der Waals surface area contributed by atoms with Crippen molar-refractivity contribution in [3.8, 4) is 0 Å². The topological polar surface area (TPSA) is 37.4 Å². The van der Waals surface area contributed by atoms with E-state index in [9.17, 15) is 9.59 Å². The van der Waals surface area contributed by atoms with Gasteiger partial charge in [-0.15, -0.1) is 0 Å². The van der Waals surface area contributed by atoms with E-state index in [1.54, 1.807) is 6.92 Å². The molecule has 3 nitrogen and oxygen atoms in total. The molecule has 1 heterocycles. The van der Waals surface area contributed by atoms with E-state index >= 15 is 0 Å². The lowest BCUT2D eigenvalue weighted by Gasteiger charge is -2.18. The van der Waals surface area contributed by atoms with E-state index in [0.29, 0.717) is 18.9 Å². The smallest absolute Gasteiger partial charge is 0.223 e. The van der Waals surface area contributed by atoms with Gasteiger partial charge in [-0.3, -0.25) is 9.59 Å². The largest absolute Gasteiger partial charge is 0.338 e. The fraction of sp³-hybridized carbons (Fsp3) is 0.467. The lowest BCUT2D eigenvalue weighted by atomic mass is 10.1. The van der Waals surface area contributed by atoms with Crippen LogP contribution in [0.5, 0.6) is 0 Å². The zero-order valence-corrected chi connectivity index (χ0v) is 12.2. The van der Waals surface area contributed by atoms with Crippen molar-refractivity contribution in [3.63, 3.8) is 0 Å². The van der Waals surface area contributed by atoms with Crippen LogP contribution in [0.1, 0.15) is 24.5 Å². The molecular formula is C15H19NO2S. The molecule has 1 aromatic carbocycles. The average molecular weight is 277 g/mol. The minimum Gasteiger partial charge on any atom is -0.338 e. The lowest BCUT2D eigenvalue weighted by Crippen LogP contribution is -2.25. The number of likely N-dealkylation sites (tertiary alicyclic amines) is 1. The monoisotopic (exact) mass is 277 g/mol. The van der Waals surface area contributed by atoms with Crippen molar-refractivity contribution < 1.29 is 9.59 Å². The third-order valence-electron chi connectivity index (χ3n) is 3.44. The van der Waals surface area contributed by atoms with E-state index < -0.39 is 0 Å². The molecule has 1 fully saturated rings. The maximum Gasteiger partial charge on any atom is 0.223 e. The van der Waals surface area contributed by atoms with Crippen LogP contribution < -0.4 is 0 Å². The molecule has 102 valence electrons. The first kappa shape index (κ1) is 14.1. The van der Waals surface area contributed by atoms with Crippen molar-refractivity contribution >= 4 is 22.8 Å². The number of hydrogen-bond acceptors (Lipinski definition) is 3. The number of aryl methyl sites for hydroxylation is 1. The van der Waals surface area contributed by atoms with E-state index in [-0.39, 0.29) is 11.0 Å². The second kappa shape index (κ2) is 6.24. The van der Waals surface area contributed by atoms with Crippen LogP contribution in [0.25, 0.3) is 0 Å². The highest BCUT2D eigenvalue weighted by Gasteiger charge is 2.29. The van der Waals surface area contributed by atoms with Crippen molar-refractivity contribution in [1.29, 1.82) is 0 Å². The predicted octanol–water partition coefficient (Wildman–Crippen LogP) is 2.62. The number of carbonyl (C=O) groups is 2. The highest BCUT2D eigenvalue weighted by Crippen LogP contribution is 2.24. The molecule has 1 atom stereocenters. The Morgan fingerprint density at radius 3 is 2.84 bits per heavy atom. The molecule has 1 aliphatic rings. The zero-order valence-electron chi connectivity index (χ0n) is 11.4. The normalized spacial score (nSPS) is 18.9. The summed E-state index contributed by atoms with van der Waals surface area (Å²) in [6.07, 6.45) is 0.576. The summed E-state index contributed by atoms with van der Waals surface area (Å²) in [4.78, 5) is 24.9. The van der Waals surface area contributed by atoms with Crippen LogP contribution in [0.4, 0.5) is 0 Å². The van der Waals surface area contributed by atoms with Gasteiger partial charge in [0.15, 0.2) is 5.12 Å². The van der Waals surface area contributed by atoms with Crippen LogP contribution in [0.15, 0.2) is 24.3 Å². The van der Waals surface area contributed by atoms with E-state index in [1.807, 2.05) is 17.0 Å². The molecule has 1 aromatic rings. The van der Waals surface area contributed by atoms with Gasteiger partial charge >= 0.3 is 0 Å². The molecule has 2 rings (SSSR count). The number of thioether (sulfide) groups is 1. The van der Waals surface area contributed by atoms with Crippen LogP contribution >= 0.6 is 11.8 Å². The van der Waals surface area contributed by atoms with Crippen molar-refractivity contribution in [1.82, 2.24) is 4.90 Å². The number of benzene rings is 1. The van der Waals surface area contributed by atoms with Gasteiger partial charge in [-0.2, -0.15) is 0 Å². The summed E-state index contributed by atoms with van der Waals surface area (Å²) in [5.74, 6) is 1.27. The molecule has 0 aromatic heterocycles. The fourth-order valence-electron chi connectivity index (χ4n) is 2.35. The molecule has 1 aliphatic heterocycles. The molecule has 0 radical (unpaired) electrons. The van der Waals surface area contributed by atoms with Gasteiger partial charge in [-0.05, 0) is 24.0 Å². The molecule has 1 saturated heterocycles. The Morgan fingerprint density at radius 1 is 1.42 bits per heavy atom. The second-order valence-electron chi connectivity index (χ2n) is 5.07. The SMILES string of the molecule is CC(=O)SCC1CC(=O)N(Cc2ccccc2C)C1. The third kappa shape index (κ3) is 3.83. The summed E-state index contributed by atoms with van der Waals surface area (Å²) in [5, 5.41) is 0.129. The number of carbonyl (C=O) groups excluding carboxylic acids is 2. The van der Waals surface area contributed by atoms with Crippen molar-refractivity contribution in [2.45, 2.75) is 26.8 Å². The van der Waals surface area contributed by atoms with Crippen LogP contribution in [0.3, 0.4) is 0 Å². The first-order chi connectivity index (χ1) is 9.06. The van der Waals surface area contributed by atoms with E-state index in [1.165, 1.54) is 22.9 Å². The summed E-state index contributed by atoms with van der Waals surface area (Å²) in [7, 11) is 0. The van der Waals surface area contributed by atoms with Crippen molar-refractivity contribution in [3.05, 3.63) is 35.4 Å². The third-order valence-corrected chi connectivity index (χ3v) is 4.48.